The third-order valence-corrected chi connectivity index (χ3v) is 3.68. The highest BCUT2D eigenvalue weighted by Crippen LogP contribution is 2.35. The maximum absolute atomic E-state index is 2.56. The van der Waals surface area contributed by atoms with Gasteiger partial charge in [0.25, 0.3) is 0 Å². The van der Waals surface area contributed by atoms with Crippen LogP contribution in [-0.2, 0) is 0 Å². The molecular formula is C10H20N2. The third-order valence-electron chi connectivity index (χ3n) is 3.68. The summed E-state index contributed by atoms with van der Waals surface area (Å²) in [5.41, 5.74) is 0. The fourth-order valence-corrected chi connectivity index (χ4v) is 3.19. The highest BCUT2D eigenvalue weighted by molar-refractivity contribution is 4.97. The van der Waals surface area contributed by atoms with Gasteiger partial charge >= 0.3 is 0 Å². The van der Waals surface area contributed by atoms with Gasteiger partial charge < -0.3 is 9.80 Å². The van der Waals surface area contributed by atoms with Gasteiger partial charge in [-0.15, -0.1) is 0 Å². The molecule has 0 amide bonds. The number of fused-ring (bicyclic) bond motifs is 1. The first-order chi connectivity index (χ1) is 5.72. The molecule has 0 spiro atoms. The van der Waals surface area contributed by atoms with E-state index in [1.807, 2.05) is 0 Å². The van der Waals surface area contributed by atoms with Crippen molar-refractivity contribution in [3.63, 3.8) is 0 Å². The van der Waals surface area contributed by atoms with E-state index in [2.05, 4.69) is 30.8 Å². The first-order valence-corrected chi connectivity index (χ1v) is 5.11. The minimum atomic E-state index is 0.861. The average Bonchev–Trinajstić information content (AvgIpc) is 2.43. The van der Waals surface area contributed by atoms with Gasteiger partial charge in [0.1, 0.15) is 0 Å². The Bertz CT molecular complexity index is 169. The van der Waals surface area contributed by atoms with Crippen LogP contribution in [0, 0.1) is 11.8 Å². The Morgan fingerprint density at radius 2 is 1.92 bits per heavy atom. The molecule has 2 nitrogen and oxygen atoms in total. The lowest BCUT2D eigenvalue weighted by molar-refractivity contribution is 0.237. The molecule has 12 heavy (non-hydrogen) atoms. The molecule has 2 aliphatic rings. The highest BCUT2D eigenvalue weighted by Gasteiger charge is 2.43. The molecule has 0 aliphatic carbocycles. The van der Waals surface area contributed by atoms with Crippen LogP contribution in [0.2, 0.25) is 0 Å². The minimum Gasteiger partial charge on any atom is -0.306 e. The zero-order valence-electron chi connectivity index (χ0n) is 8.45. The number of rotatable bonds is 1. The quantitative estimate of drug-likeness (QED) is 0.573. The van der Waals surface area contributed by atoms with Crippen molar-refractivity contribution in [2.75, 3.05) is 33.7 Å². The van der Waals surface area contributed by atoms with Gasteiger partial charge in [0.15, 0.2) is 0 Å². The Morgan fingerprint density at radius 1 is 1.17 bits per heavy atom. The summed E-state index contributed by atoms with van der Waals surface area (Å²) in [6, 6.07) is 0.861. The summed E-state index contributed by atoms with van der Waals surface area (Å²) in [6.07, 6.45) is 1.32. The van der Waals surface area contributed by atoms with Gasteiger partial charge in [-0.1, -0.05) is 6.92 Å². The maximum Gasteiger partial charge on any atom is 0.0134 e. The molecule has 0 saturated carbocycles. The average molecular weight is 168 g/mol. The predicted molar refractivity (Wildman–Crippen MR) is 51.2 cm³/mol. The smallest absolute Gasteiger partial charge is 0.0134 e. The lowest BCUT2D eigenvalue weighted by Crippen LogP contribution is -2.32. The van der Waals surface area contributed by atoms with E-state index >= 15 is 0 Å². The summed E-state index contributed by atoms with van der Waals surface area (Å²) in [7, 11) is 4.54. The summed E-state index contributed by atoms with van der Waals surface area (Å²) < 4.78 is 0. The van der Waals surface area contributed by atoms with Gasteiger partial charge in [-0.3, -0.25) is 0 Å². The van der Waals surface area contributed by atoms with E-state index in [1.165, 1.54) is 26.1 Å². The Kier molecular flexibility index (Phi) is 2.13. The summed E-state index contributed by atoms with van der Waals surface area (Å²) in [6.45, 7) is 6.30. The van der Waals surface area contributed by atoms with Crippen LogP contribution in [0.1, 0.15) is 13.3 Å². The second-order valence-electron chi connectivity index (χ2n) is 4.56. The largest absolute Gasteiger partial charge is 0.306 e. The Labute approximate surface area is 75.5 Å². The summed E-state index contributed by atoms with van der Waals surface area (Å²) in [5.74, 6) is 1.93. The zero-order chi connectivity index (χ0) is 8.72. The molecule has 2 rings (SSSR count). The van der Waals surface area contributed by atoms with Crippen LogP contribution in [0.15, 0.2) is 0 Å². The molecule has 3 unspecified atom stereocenters. The van der Waals surface area contributed by atoms with E-state index in [-0.39, 0.29) is 0 Å². The second-order valence-corrected chi connectivity index (χ2v) is 4.56. The predicted octanol–water partition coefficient (Wildman–Crippen LogP) is 0.888. The van der Waals surface area contributed by atoms with E-state index in [0.717, 1.165) is 17.9 Å². The van der Waals surface area contributed by atoms with Crippen LogP contribution in [0.4, 0.5) is 0 Å². The van der Waals surface area contributed by atoms with Crippen molar-refractivity contribution in [3.05, 3.63) is 0 Å². The van der Waals surface area contributed by atoms with Crippen LogP contribution in [-0.4, -0.2) is 49.6 Å². The first-order valence-electron chi connectivity index (χ1n) is 5.11. The Balaban J connectivity index is 2.06. The fourth-order valence-electron chi connectivity index (χ4n) is 3.19. The van der Waals surface area contributed by atoms with Gasteiger partial charge in [0.2, 0.25) is 0 Å². The van der Waals surface area contributed by atoms with E-state index in [9.17, 15) is 0 Å². The molecule has 0 aromatic heterocycles. The van der Waals surface area contributed by atoms with Crippen LogP contribution in [0.3, 0.4) is 0 Å². The molecule has 2 aliphatic heterocycles. The Morgan fingerprint density at radius 3 is 2.58 bits per heavy atom. The fraction of sp³-hybridized carbons (Fsp3) is 1.00. The van der Waals surface area contributed by atoms with Crippen LogP contribution >= 0.6 is 0 Å². The van der Waals surface area contributed by atoms with Gasteiger partial charge in [0.05, 0.1) is 0 Å². The second kappa shape index (κ2) is 3.00. The number of hydrogen-bond donors (Lipinski definition) is 0. The van der Waals surface area contributed by atoms with E-state index in [0.29, 0.717) is 0 Å². The normalized spacial score (nSPS) is 43.8. The lowest BCUT2D eigenvalue weighted by atomic mass is 9.93. The zero-order valence-corrected chi connectivity index (χ0v) is 8.45. The van der Waals surface area contributed by atoms with Crippen molar-refractivity contribution in [3.8, 4) is 0 Å². The molecule has 3 atom stereocenters. The topological polar surface area (TPSA) is 6.48 Å². The monoisotopic (exact) mass is 168 g/mol. The van der Waals surface area contributed by atoms with Crippen molar-refractivity contribution in [1.29, 1.82) is 0 Å². The van der Waals surface area contributed by atoms with Gasteiger partial charge in [-0.25, -0.2) is 0 Å². The molecule has 2 saturated heterocycles. The molecule has 0 aromatic carbocycles. The van der Waals surface area contributed by atoms with Crippen LogP contribution < -0.4 is 0 Å². The molecule has 2 heteroatoms. The SMILES string of the molecule is CCC1C2CN(C)CC2CN1C. The Hall–Kier alpha value is -0.0800. The minimum absolute atomic E-state index is 0.861. The molecular weight excluding hydrogens is 148 g/mol. The lowest BCUT2D eigenvalue weighted by Gasteiger charge is -2.23. The van der Waals surface area contributed by atoms with Gasteiger partial charge in [-0.2, -0.15) is 0 Å². The van der Waals surface area contributed by atoms with Crippen molar-refractivity contribution < 1.29 is 0 Å². The highest BCUT2D eigenvalue weighted by atomic mass is 15.2. The molecule has 0 N–H and O–H groups in total. The van der Waals surface area contributed by atoms with Gasteiger partial charge in [0, 0.05) is 25.7 Å². The molecule has 0 bridgehead atoms. The summed E-state index contributed by atoms with van der Waals surface area (Å²) in [4.78, 5) is 5.05. The van der Waals surface area contributed by atoms with Crippen molar-refractivity contribution in [2.24, 2.45) is 11.8 Å². The molecule has 2 fully saturated rings. The first kappa shape index (κ1) is 8.52. The number of hydrogen-bond acceptors (Lipinski definition) is 2. The number of nitrogens with zero attached hydrogens (tertiary/aromatic N) is 2. The summed E-state index contributed by atoms with van der Waals surface area (Å²) in [5, 5.41) is 0. The van der Waals surface area contributed by atoms with E-state index < -0.39 is 0 Å². The third kappa shape index (κ3) is 1.17. The molecule has 0 aromatic rings. The summed E-state index contributed by atoms with van der Waals surface area (Å²) >= 11 is 0. The number of likely N-dealkylation sites (tertiary alicyclic amines) is 2. The molecule has 2 heterocycles. The standard InChI is InChI=1S/C10H20N2/c1-4-10-9-7-11(2)5-8(9)6-12(10)3/h8-10H,4-7H2,1-3H3. The van der Waals surface area contributed by atoms with Crippen LogP contribution in [0.25, 0.3) is 0 Å². The molecule has 0 radical (unpaired) electrons. The maximum atomic E-state index is 2.56. The van der Waals surface area contributed by atoms with E-state index in [4.69, 9.17) is 0 Å². The van der Waals surface area contributed by atoms with Crippen molar-refractivity contribution in [1.82, 2.24) is 9.80 Å². The van der Waals surface area contributed by atoms with Crippen molar-refractivity contribution >= 4 is 0 Å². The van der Waals surface area contributed by atoms with Crippen LogP contribution in [0.5, 0.6) is 0 Å². The van der Waals surface area contributed by atoms with E-state index in [1.54, 1.807) is 0 Å². The van der Waals surface area contributed by atoms with Crippen molar-refractivity contribution in [2.45, 2.75) is 19.4 Å². The van der Waals surface area contributed by atoms with Gasteiger partial charge in [-0.05, 0) is 32.4 Å². The molecule has 70 valence electrons.